The number of aliphatic hydroxyl groups excluding tert-OH is 1. The van der Waals surface area contributed by atoms with Crippen molar-refractivity contribution in [3.05, 3.63) is 35.9 Å². The first-order chi connectivity index (χ1) is 26.2. The summed E-state index contributed by atoms with van der Waals surface area (Å²) < 4.78 is 50.4. The summed E-state index contributed by atoms with van der Waals surface area (Å²) in [5.74, 6) is -3.74. The van der Waals surface area contributed by atoms with Crippen LogP contribution in [0.1, 0.15) is 98.4 Å². The summed E-state index contributed by atoms with van der Waals surface area (Å²) in [5, 5.41) is 11.0. The lowest BCUT2D eigenvalue weighted by molar-refractivity contribution is -0.318. The topological polar surface area (TPSA) is 166 Å². The fraction of sp³-hybridized carbons (Fsp3) is 0.762. The van der Waals surface area contributed by atoms with E-state index < -0.39 is 90.1 Å². The summed E-state index contributed by atoms with van der Waals surface area (Å²) in [7, 11) is 6.81. The minimum atomic E-state index is -1.21. The van der Waals surface area contributed by atoms with Crippen LogP contribution in [0.5, 0.6) is 0 Å². The first kappa shape index (κ1) is 47.6. The number of ketones is 1. The highest BCUT2D eigenvalue weighted by molar-refractivity contribution is 5.89. The number of esters is 2. The number of carbonyl (C=O) groups excluding carboxylic acids is 4. The maximum Gasteiger partial charge on any atom is 0.338 e. The van der Waals surface area contributed by atoms with E-state index in [-0.39, 0.29) is 37.2 Å². The number of aliphatic hydroxyl groups is 1. The van der Waals surface area contributed by atoms with Crippen LogP contribution >= 0.6 is 0 Å². The minimum absolute atomic E-state index is 0.117. The standard InChI is InChI=1S/C42H67NO13/c1-14-32(28(6)45)53-38(47)27(5)34(54-33-22-41(8,49-12)36(46)29(7)52-33)26(4)37(42(9,50-13)21-24(2)23-44)56-40-35(31(43(10)11)20-25(3)51-40)55-39(48)30-18-16-15-17-19-30/h15-19,23-27,29,31-37,40,46H,14,20-22H2,1-13H3/t24-,25-,26+,27-,29+,31+,32-,33+,34+,35-,36+,37-,40?,41-,42-/m1/s1. The molecule has 0 saturated carbocycles. The van der Waals surface area contributed by atoms with E-state index in [1.54, 1.807) is 58.9 Å². The summed E-state index contributed by atoms with van der Waals surface area (Å²) in [4.78, 5) is 54.0. The van der Waals surface area contributed by atoms with E-state index in [0.717, 1.165) is 6.29 Å². The summed E-state index contributed by atoms with van der Waals surface area (Å²) in [6.07, 6.45) is -5.96. The number of rotatable bonds is 20. The second-order valence-corrected chi connectivity index (χ2v) is 16.3. The van der Waals surface area contributed by atoms with Gasteiger partial charge in [-0.25, -0.2) is 4.79 Å². The van der Waals surface area contributed by atoms with Crippen LogP contribution in [0.3, 0.4) is 0 Å². The van der Waals surface area contributed by atoms with Crippen LogP contribution in [0, 0.1) is 17.8 Å². The first-order valence-corrected chi connectivity index (χ1v) is 19.7. The Morgan fingerprint density at radius 1 is 1.07 bits per heavy atom. The van der Waals surface area contributed by atoms with Crippen molar-refractivity contribution >= 4 is 24.0 Å². The number of aldehydes is 1. The third-order valence-corrected chi connectivity index (χ3v) is 11.5. The molecule has 1 aromatic rings. The molecule has 1 unspecified atom stereocenters. The molecule has 1 aromatic carbocycles. The number of Topliss-reactive ketones (excluding diaryl/α,β-unsaturated/α-hetero) is 1. The number of methoxy groups -OCH3 is 2. The smallest absolute Gasteiger partial charge is 0.338 e. The van der Waals surface area contributed by atoms with Crippen LogP contribution in [0.15, 0.2) is 30.3 Å². The summed E-state index contributed by atoms with van der Waals surface area (Å²) in [5.41, 5.74) is -1.89. The van der Waals surface area contributed by atoms with Crippen molar-refractivity contribution in [3.8, 4) is 0 Å². The molecule has 2 heterocycles. The summed E-state index contributed by atoms with van der Waals surface area (Å²) in [6.45, 7) is 15.6. The van der Waals surface area contributed by atoms with Gasteiger partial charge in [-0.3, -0.25) is 9.59 Å². The monoisotopic (exact) mass is 793 g/mol. The van der Waals surface area contributed by atoms with Gasteiger partial charge < -0.3 is 52.7 Å². The molecule has 0 radical (unpaired) electrons. The predicted octanol–water partition coefficient (Wildman–Crippen LogP) is 4.76. The number of likely N-dealkylation sites (N-methyl/N-ethyl adjacent to an activating group) is 1. The molecule has 1 N–H and O–H groups in total. The van der Waals surface area contributed by atoms with Gasteiger partial charge in [0, 0.05) is 32.5 Å². The molecule has 0 aliphatic carbocycles. The van der Waals surface area contributed by atoms with Crippen molar-refractivity contribution in [3.63, 3.8) is 0 Å². The molecule has 2 aliphatic heterocycles. The van der Waals surface area contributed by atoms with Crippen LogP contribution in [-0.2, 0) is 52.3 Å². The second-order valence-electron chi connectivity index (χ2n) is 16.3. The Morgan fingerprint density at radius 3 is 2.25 bits per heavy atom. The third kappa shape index (κ3) is 11.6. The molecule has 2 saturated heterocycles. The molecule has 2 fully saturated rings. The predicted molar refractivity (Wildman–Crippen MR) is 207 cm³/mol. The van der Waals surface area contributed by atoms with Crippen LogP contribution in [-0.4, -0.2) is 135 Å². The first-order valence-electron chi connectivity index (χ1n) is 19.7. The third-order valence-electron chi connectivity index (χ3n) is 11.5. The zero-order chi connectivity index (χ0) is 42.1. The molecule has 0 spiro atoms. The Hall–Kier alpha value is -2.82. The van der Waals surface area contributed by atoms with Crippen molar-refractivity contribution in [1.29, 1.82) is 0 Å². The zero-order valence-electron chi connectivity index (χ0n) is 35.6. The molecule has 14 nitrogen and oxygen atoms in total. The van der Waals surface area contributed by atoms with Gasteiger partial charge in [0.05, 0.1) is 53.1 Å². The van der Waals surface area contributed by atoms with E-state index in [1.165, 1.54) is 21.1 Å². The van der Waals surface area contributed by atoms with Crippen LogP contribution in [0.25, 0.3) is 0 Å². The average Bonchev–Trinajstić information content (AvgIpc) is 3.16. The molecule has 15 atom stereocenters. The van der Waals surface area contributed by atoms with Crippen LogP contribution < -0.4 is 0 Å². The highest BCUT2D eigenvalue weighted by Crippen LogP contribution is 2.40. The van der Waals surface area contributed by atoms with Gasteiger partial charge in [-0.05, 0) is 87.0 Å². The number of ether oxygens (including phenoxy) is 8. The number of nitrogens with zero attached hydrogens (tertiary/aromatic N) is 1. The second kappa shape index (κ2) is 20.7. The average molecular weight is 794 g/mol. The molecule has 0 aromatic heterocycles. The molecule has 56 heavy (non-hydrogen) atoms. The Labute approximate surface area is 333 Å². The largest absolute Gasteiger partial charge is 0.454 e. The SMILES string of the molecule is CC[C@@H](OC(=O)[C@H](C)[C@@H](O[C@H]1C[C@@](C)(OC)[C@@H](O)[C@H](C)O1)[C@H](C)[C@@H](OC1O[C@H](C)C[C@H](N(C)C)[C@H]1OC(=O)c1ccccc1)[C@@](C)(C[C@@H](C)C=O)OC)C(C)=O. The van der Waals surface area contributed by atoms with Gasteiger partial charge in [0.1, 0.15) is 12.4 Å². The maximum atomic E-state index is 14.0. The van der Waals surface area contributed by atoms with Crippen LogP contribution in [0.2, 0.25) is 0 Å². The molecule has 3 rings (SSSR count). The van der Waals surface area contributed by atoms with Gasteiger partial charge in [-0.15, -0.1) is 0 Å². The normalized spacial score (nSPS) is 31.2. The molecule has 14 heteroatoms. The molecule has 0 amide bonds. The number of hydrogen-bond acceptors (Lipinski definition) is 14. The summed E-state index contributed by atoms with van der Waals surface area (Å²) in [6, 6.07) is 8.33. The zero-order valence-corrected chi connectivity index (χ0v) is 35.6. The van der Waals surface area contributed by atoms with Gasteiger partial charge in [0.25, 0.3) is 0 Å². The van der Waals surface area contributed by atoms with E-state index in [1.807, 2.05) is 45.8 Å². The van der Waals surface area contributed by atoms with Gasteiger partial charge in [-0.1, -0.05) is 39.0 Å². The van der Waals surface area contributed by atoms with Crippen LogP contribution in [0.4, 0.5) is 0 Å². The molecule has 0 bridgehead atoms. The maximum absolute atomic E-state index is 14.0. The van der Waals surface area contributed by atoms with Crippen molar-refractivity contribution in [2.24, 2.45) is 17.8 Å². The highest BCUT2D eigenvalue weighted by Gasteiger charge is 2.52. The van der Waals surface area contributed by atoms with Crippen molar-refractivity contribution in [2.45, 2.75) is 161 Å². The van der Waals surface area contributed by atoms with Crippen molar-refractivity contribution in [1.82, 2.24) is 4.90 Å². The van der Waals surface area contributed by atoms with Gasteiger partial charge in [-0.2, -0.15) is 0 Å². The lowest BCUT2D eigenvalue weighted by atomic mass is 9.77. The minimum Gasteiger partial charge on any atom is -0.454 e. The van der Waals surface area contributed by atoms with E-state index >= 15 is 0 Å². The summed E-state index contributed by atoms with van der Waals surface area (Å²) >= 11 is 0. The quantitative estimate of drug-likeness (QED) is 0.142. The molecule has 2 aliphatic rings. The molecular weight excluding hydrogens is 726 g/mol. The molecule has 318 valence electrons. The van der Waals surface area contributed by atoms with Crippen molar-refractivity contribution < 1.29 is 62.2 Å². The van der Waals surface area contributed by atoms with E-state index in [0.29, 0.717) is 12.0 Å². The van der Waals surface area contributed by atoms with Gasteiger partial charge >= 0.3 is 11.9 Å². The Morgan fingerprint density at radius 2 is 1.71 bits per heavy atom. The number of benzene rings is 1. The lowest BCUT2D eigenvalue weighted by Crippen LogP contribution is -2.61. The Balaban J connectivity index is 2.18. The van der Waals surface area contributed by atoms with E-state index in [2.05, 4.69) is 0 Å². The Bertz CT molecular complexity index is 1430. The number of hydrogen-bond donors (Lipinski definition) is 1. The fourth-order valence-electron chi connectivity index (χ4n) is 7.98. The van der Waals surface area contributed by atoms with Gasteiger partial charge in [0.15, 0.2) is 30.6 Å². The van der Waals surface area contributed by atoms with E-state index in [9.17, 15) is 24.3 Å². The molecular formula is C42H67NO13. The number of carbonyl (C=O) groups is 4. The Kier molecular flexibility index (Phi) is 17.6. The highest BCUT2D eigenvalue weighted by atomic mass is 16.7. The van der Waals surface area contributed by atoms with E-state index in [4.69, 9.17) is 37.9 Å². The fourth-order valence-corrected chi connectivity index (χ4v) is 7.98. The lowest BCUT2D eigenvalue weighted by Gasteiger charge is -2.49. The van der Waals surface area contributed by atoms with Gasteiger partial charge in [0.2, 0.25) is 0 Å². The van der Waals surface area contributed by atoms with Crippen molar-refractivity contribution in [2.75, 3.05) is 28.3 Å².